The Hall–Kier alpha value is -2.62. The van der Waals surface area contributed by atoms with Crippen molar-refractivity contribution in [2.75, 3.05) is 6.54 Å². The van der Waals surface area contributed by atoms with Gasteiger partial charge in [-0.05, 0) is 37.5 Å². The Labute approximate surface area is 149 Å². The molecule has 0 aliphatic heterocycles. The van der Waals surface area contributed by atoms with E-state index in [1.807, 2.05) is 55.5 Å². The smallest absolute Gasteiger partial charge is 0.251 e. The molecule has 0 aliphatic carbocycles. The van der Waals surface area contributed by atoms with Crippen LogP contribution in [-0.2, 0) is 4.79 Å². The van der Waals surface area contributed by atoms with Crippen LogP contribution in [0.5, 0.6) is 0 Å². The number of rotatable bonds is 9. The van der Waals surface area contributed by atoms with Crippen LogP contribution in [0, 0.1) is 0 Å². The number of nitrogens with one attached hydrogen (secondary N) is 2. The van der Waals surface area contributed by atoms with Gasteiger partial charge in [0, 0.05) is 18.5 Å². The Morgan fingerprint density at radius 3 is 2.20 bits per heavy atom. The minimum Gasteiger partial charge on any atom is -0.352 e. The zero-order valence-electron chi connectivity index (χ0n) is 14.7. The van der Waals surface area contributed by atoms with Crippen molar-refractivity contribution in [1.29, 1.82) is 0 Å². The van der Waals surface area contributed by atoms with E-state index in [1.54, 1.807) is 12.1 Å². The predicted octanol–water partition coefficient (Wildman–Crippen LogP) is 3.85. The maximum atomic E-state index is 12.0. The molecular formula is C21H26N2O2. The van der Waals surface area contributed by atoms with E-state index < -0.39 is 0 Å². The van der Waals surface area contributed by atoms with E-state index in [1.165, 1.54) is 0 Å². The van der Waals surface area contributed by atoms with Crippen molar-refractivity contribution >= 4 is 11.8 Å². The number of carbonyl (C=O) groups is 2. The molecule has 0 aromatic heterocycles. The van der Waals surface area contributed by atoms with Gasteiger partial charge in [0.25, 0.3) is 5.91 Å². The van der Waals surface area contributed by atoms with Gasteiger partial charge in [-0.1, -0.05) is 55.0 Å². The Morgan fingerprint density at radius 1 is 0.880 bits per heavy atom. The Balaban J connectivity index is 1.55. The third kappa shape index (κ3) is 6.79. The van der Waals surface area contributed by atoms with Gasteiger partial charge in [-0.2, -0.15) is 0 Å². The fourth-order valence-electron chi connectivity index (χ4n) is 2.62. The van der Waals surface area contributed by atoms with Crippen LogP contribution >= 0.6 is 0 Å². The van der Waals surface area contributed by atoms with Crippen molar-refractivity contribution in [3.63, 3.8) is 0 Å². The quantitative estimate of drug-likeness (QED) is 0.682. The number of carbonyl (C=O) groups excluding carboxylic acids is 2. The van der Waals surface area contributed by atoms with E-state index in [0.29, 0.717) is 18.5 Å². The molecular weight excluding hydrogens is 312 g/mol. The third-order valence-electron chi connectivity index (χ3n) is 4.08. The molecule has 1 atom stereocenters. The summed E-state index contributed by atoms with van der Waals surface area (Å²) in [5.41, 5.74) is 1.79. The van der Waals surface area contributed by atoms with Crippen LogP contribution in [0.4, 0.5) is 0 Å². The molecule has 2 N–H and O–H groups in total. The van der Waals surface area contributed by atoms with Gasteiger partial charge in [0.15, 0.2) is 0 Å². The molecule has 1 unspecified atom stereocenters. The first-order chi connectivity index (χ1) is 12.2. The van der Waals surface area contributed by atoms with Gasteiger partial charge < -0.3 is 10.6 Å². The second kappa shape index (κ2) is 10.3. The zero-order valence-corrected chi connectivity index (χ0v) is 14.7. The van der Waals surface area contributed by atoms with E-state index >= 15 is 0 Å². The molecule has 0 radical (unpaired) electrons. The van der Waals surface area contributed by atoms with Crippen molar-refractivity contribution in [1.82, 2.24) is 10.6 Å². The second-order valence-electron chi connectivity index (χ2n) is 6.13. The fraction of sp³-hybridized carbons (Fsp3) is 0.333. The lowest BCUT2D eigenvalue weighted by atomic mass is 10.1. The molecule has 2 aromatic carbocycles. The summed E-state index contributed by atoms with van der Waals surface area (Å²) in [6.07, 6.45) is 3.14. The van der Waals surface area contributed by atoms with Gasteiger partial charge in [0.1, 0.15) is 0 Å². The maximum absolute atomic E-state index is 12.0. The maximum Gasteiger partial charge on any atom is 0.251 e. The van der Waals surface area contributed by atoms with Gasteiger partial charge in [-0.15, -0.1) is 0 Å². The Kier molecular flexibility index (Phi) is 7.70. The summed E-state index contributed by atoms with van der Waals surface area (Å²) in [6, 6.07) is 19.2. The summed E-state index contributed by atoms with van der Waals surface area (Å²) in [6.45, 7) is 2.63. The summed E-state index contributed by atoms with van der Waals surface area (Å²) >= 11 is 0. The fourth-order valence-corrected chi connectivity index (χ4v) is 2.62. The number of unbranched alkanes of at least 4 members (excludes halogenated alkanes) is 2. The van der Waals surface area contributed by atoms with Gasteiger partial charge >= 0.3 is 0 Å². The molecule has 0 saturated heterocycles. The van der Waals surface area contributed by atoms with E-state index in [4.69, 9.17) is 0 Å². The van der Waals surface area contributed by atoms with E-state index in [0.717, 1.165) is 24.8 Å². The number of hydrogen-bond donors (Lipinski definition) is 2. The molecule has 0 fully saturated rings. The van der Waals surface area contributed by atoms with Gasteiger partial charge in [0.2, 0.25) is 5.91 Å². The molecule has 25 heavy (non-hydrogen) atoms. The number of amides is 2. The minimum atomic E-state index is -0.0463. The Bertz CT molecular complexity index is 656. The largest absolute Gasteiger partial charge is 0.352 e. The van der Waals surface area contributed by atoms with Crippen LogP contribution in [0.1, 0.15) is 54.6 Å². The van der Waals surface area contributed by atoms with Crippen LogP contribution in [0.25, 0.3) is 0 Å². The van der Waals surface area contributed by atoms with Crippen molar-refractivity contribution in [2.45, 2.75) is 38.6 Å². The molecule has 132 valence electrons. The molecule has 0 bridgehead atoms. The summed E-state index contributed by atoms with van der Waals surface area (Å²) in [4.78, 5) is 23.8. The van der Waals surface area contributed by atoms with Gasteiger partial charge in [0.05, 0.1) is 6.04 Å². The van der Waals surface area contributed by atoms with Gasteiger partial charge in [-0.25, -0.2) is 0 Å². The van der Waals surface area contributed by atoms with Crippen LogP contribution in [0.15, 0.2) is 60.7 Å². The topological polar surface area (TPSA) is 58.2 Å². The standard InChI is InChI=1S/C21H26N2O2/c1-17(18-11-5-2-6-12-18)23-20(24)15-9-4-10-16-22-21(25)19-13-7-3-8-14-19/h2-3,5-8,11-14,17H,4,9-10,15-16H2,1H3,(H,22,25)(H,23,24). The van der Waals surface area contributed by atoms with Crippen molar-refractivity contribution in [2.24, 2.45) is 0 Å². The lowest BCUT2D eigenvalue weighted by Gasteiger charge is -2.14. The summed E-state index contributed by atoms with van der Waals surface area (Å²) in [7, 11) is 0. The Morgan fingerprint density at radius 2 is 1.52 bits per heavy atom. The van der Waals surface area contributed by atoms with Crippen molar-refractivity contribution in [3.8, 4) is 0 Å². The number of hydrogen-bond acceptors (Lipinski definition) is 2. The number of benzene rings is 2. The molecule has 0 heterocycles. The van der Waals surface area contributed by atoms with E-state index in [2.05, 4.69) is 10.6 Å². The molecule has 0 aliphatic rings. The monoisotopic (exact) mass is 338 g/mol. The highest BCUT2D eigenvalue weighted by Crippen LogP contribution is 2.11. The van der Waals surface area contributed by atoms with E-state index in [9.17, 15) is 9.59 Å². The highest BCUT2D eigenvalue weighted by molar-refractivity contribution is 5.94. The summed E-state index contributed by atoms with van der Waals surface area (Å²) in [5, 5.41) is 5.92. The normalized spacial score (nSPS) is 11.6. The molecule has 2 aromatic rings. The molecule has 4 heteroatoms. The lowest BCUT2D eigenvalue weighted by Crippen LogP contribution is -2.26. The first-order valence-corrected chi connectivity index (χ1v) is 8.84. The summed E-state index contributed by atoms with van der Waals surface area (Å²) < 4.78 is 0. The SMILES string of the molecule is CC(NC(=O)CCCCCNC(=O)c1ccccc1)c1ccccc1. The molecule has 0 saturated carbocycles. The molecule has 2 amide bonds. The van der Waals surface area contributed by atoms with Gasteiger partial charge in [-0.3, -0.25) is 9.59 Å². The van der Waals surface area contributed by atoms with Crippen LogP contribution in [0.3, 0.4) is 0 Å². The molecule has 2 rings (SSSR count). The minimum absolute atomic E-state index is 0.0267. The second-order valence-corrected chi connectivity index (χ2v) is 6.13. The predicted molar refractivity (Wildman–Crippen MR) is 100 cm³/mol. The van der Waals surface area contributed by atoms with Crippen molar-refractivity contribution < 1.29 is 9.59 Å². The van der Waals surface area contributed by atoms with Crippen LogP contribution in [-0.4, -0.2) is 18.4 Å². The average molecular weight is 338 g/mol. The molecule has 4 nitrogen and oxygen atoms in total. The zero-order chi connectivity index (χ0) is 17.9. The van der Waals surface area contributed by atoms with Crippen molar-refractivity contribution in [3.05, 3.63) is 71.8 Å². The highest BCUT2D eigenvalue weighted by Gasteiger charge is 2.08. The molecule has 0 spiro atoms. The third-order valence-corrected chi connectivity index (χ3v) is 4.08. The van der Waals surface area contributed by atoms with Crippen LogP contribution in [0.2, 0.25) is 0 Å². The van der Waals surface area contributed by atoms with E-state index in [-0.39, 0.29) is 17.9 Å². The van der Waals surface area contributed by atoms with Crippen LogP contribution < -0.4 is 10.6 Å². The average Bonchev–Trinajstić information content (AvgIpc) is 2.65. The summed E-state index contributed by atoms with van der Waals surface area (Å²) in [5.74, 6) is 0.0275. The first kappa shape index (κ1) is 18.7. The first-order valence-electron chi connectivity index (χ1n) is 8.84. The highest BCUT2D eigenvalue weighted by atomic mass is 16.2. The lowest BCUT2D eigenvalue weighted by molar-refractivity contribution is -0.121.